The highest BCUT2D eigenvalue weighted by Gasteiger charge is 2.39. The lowest BCUT2D eigenvalue weighted by molar-refractivity contribution is -0.141. The Morgan fingerprint density at radius 2 is 2.10 bits per heavy atom. The summed E-state index contributed by atoms with van der Waals surface area (Å²) < 4.78 is 5.16. The summed E-state index contributed by atoms with van der Waals surface area (Å²) in [6, 6.07) is 6.11. The molecule has 1 aliphatic rings. The third-order valence-corrected chi connectivity index (χ3v) is 3.53. The number of ether oxygens (including phenoxy) is 1. The highest BCUT2D eigenvalue weighted by atomic mass is 16.5. The van der Waals surface area contributed by atoms with Crippen LogP contribution in [0, 0.1) is 6.92 Å². The largest absolute Gasteiger partial charge is 0.480 e. The van der Waals surface area contributed by atoms with Gasteiger partial charge < -0.3 is 20.1 Å². The lowest BCUT2D eigenvalue weighted by Crippen LogP contribution is -2.43. The van der Waals surface area contributed by atoms with Crippen molar-refractivity contribution in [3.05, 3.63) is 29.8 Å². The average molecular weight is 278 g/mol. The number of nitrogens with zero attached hydrogens (tertiary/aromatic N) is 1. The number of anilines is 1. The van der Waals surface area contributed by atoms with Gasteiger partial charge in [0.2, 0.25) is 0 Å². The molecular formula is C14H18N2O4. The fraction of sp³-hybridized carbons (Fsp3) is 0.429. The first-order chi connectivity index (χ1) is 9.52. The molecule has 2 N–H and O–H groups in total. The van der Waals surface area contributed by atoms with Crippen LogP contribution in [0.25, 0.3) is 0 Å². The maximum Gasteiger partial charge on any atom is 0.326 e. The number of carboxylic acid groups (broad SMARTS) is 1. The number of amides is 2. The summed E-state index contributed by atoms with van der Waals surface area (Å²) in [5.74, 6) is -1.01. The van der Waals surface area contributed by atoms with Gasteiger partial charge in [-0.2, -0.15) is 0 Å². The molecule has 1 aliphatic heterocycles. The van der Waals surface area contributed by atoms with Gasteiger partial charge in [-0.3, -0.25) is 0 Å². The van der Waals surface area contributed by atoms with Crippen LogP contribution in [-0.4, -0.2) is 47.8 Å². The van der Waals surface area contributed by atoms with Crippen LogP contribution < -0.4 is 5.32 Å². The molecule has 1 heterocycles. The molecular weight excluding hydrogens is 260 g/mol. The Morgan fingerprint density at radius 3 is 2.70 bits per heavy atom. The molecule has 0 aliphatic carbocycles. The number of likely N-dealkylation sites (tertiary alicyclic amines) is 1. The Balaban J connectivity index is 2.11. The summed E-state index contributed by atoms with van der Waals surface area (Å²) in [5.41, 5.74) is 1.61. The van der Waals surface area contributed by atoms with Gasteiger partial charge >= 0.3 is 12.0 Å². The molecule has 1 saturated heterocycles. The second-order valence-corrected chi connectivity index (χ2v) is 4.84. The molecule has 1 aromatic rings. The smallest absolute Gasteiger partial charge is 0.326 e. The van der Waals surface area contributed by atoms with Crippen LogP contribution in [0.2, 0.25) is 0 Å². The van der Waals surface area contributed by atoms with Gasteiger partial charge in [0, 0.05) is 25.8 Å². The molecule has 0 aromatic heterocycles. The van der Waals surface area contributed by atoms with Gasteiger partial charge in [-0.1, -0.05) is 18.2 Å². The van der Waals surface area contributed by atoms with Crippen molar-refractivity contribution in [2.24, 2.45) is 0 Å². The number of hydrogen-bond acceptors (Lipinski definition) is 3. The van der Waals surface area contributed by atoms with Crippen LogP contribution in [0.5, 0.6) is 0 Å². The first-order valence-corrected chi connectivity index (χ1v) is 6.41. The van der Waals surface area contributed by atoms with Crippen molar-refractivity contribution in [1.29, 1.82) is 0 Å². The number of urea groups is 1. The van der Waals surface area contributed by atoms with Gasteiger partial charge in [-0.15, -0.1) is 0 Å². The Kier molecular flexibility index (Phi) is 4.24. The van der Waals surface area contributed by atoms with Gasteiger partial charge in [0.15, 0.2) is 0 Å². The minimum Gasteiger partial charge on any atom is -0.480 e. The van der Waals surface area contributed by atoms with Crippen LogP contribution in [0.3, 0.4) is 0 Å². The van der Waals surface area contributed by atoms with E-state index < -0.39 is 18.0 Å². The summed E-state index contributed by atoms with van der Waals surface area (Å²) in [6.07, 6.45) is 0.0752. The van der Waals surface area contributed by atoms with Crippen molar-refractivity contribution in [3.8, 4) is 0 Å². The van der Waals surface area contributed by atoms with Gasteiger partial charge in [0.25, 0.3) is 0 Å². The monoisotopic (exact) mass is 278 g/mol. The average Bonchev–Trinajstić information content (AvgIpc) is 2.86. The highest BCUT2D eigenvalue weighted by Crippen LogP contribution is 2.22. The molecule has 20 heavy (non-hydrogen) atoms. The molecule has 2 unspecified atom stereocenters. The SMILES string of the molecule is COC1CC(C(=O)O)N(C(=O)Nc2ccccc2C)C1. The van der Waals surface area contributed by atoms with Crippen LogP contribution in [0.4, 0.5) is 10.5 Å². The van der Waals surface area contributed by atoms with Gasteiger partial charge in [0.1, 0.15) is 6.04 Å². The van der Waals surface area contributed by atoms with Gasteiger partial charge in [-0.25, -0.2) is 9.59 Å². The van der Waals surface area contributed by atoms with E-state index in [1.54, 1.807) is 6.07 Å². The molecule has 1 aromatic carbocycles. The summed E-state index contributed by atoms with van der Waals surface area (Å²) in [6.45, 7) is 2.16. The standard InChI is InChI=1S/C14H18N2O4/c1-9-5-3-4-6-11(9)15-14(19)16-8-10(20-2)7-12(16)13(17)18/h3-6,10,12H,7-8H2,1-2H3,(H,15,19)(H,17,18). The zero-order chi connectivity index (χ0) is 14.7. The fourth-order valence-corrected chi connectivity index (χ4v) is 2.33. The van der Waals surface area contributed by atoms with E-state index in [1.807, 2.05) is 25.1 Å². The Morgan fingerprint density at radius 1 is 1.40 bits per heavy atom. The molecule has 1 fully saturated rings. The van der Waals surface area contributed by atoms with E-state index in [-0.39, 0.29) is 12.6 Å². The van der Waals surface area contributed by atoms with Crippen LogP contribution in [0.1, 0.15) is 12.0 Å². The predicted octanol–water partition coefficient (Wildman–Crippen LogP) is 1.70. The van der Waals surface area contributed by atoms with Crippen molar-refractivity contribution in [3.63, 3.8) is 0 Å². The lowest BCUT2D eigenvalue weighted by Gasteiger charge is -2.22. The number of carboxylic acids is 1. The number of methoxy groups -OCH3 is 1. The quantitative estimate of drug-likeness (QED) is 0.882. The Bertz CT molecular complexity index is 518. The van der Waals surface area contributed by atoms with E-state index in [1.165, 1.54) is 12.0 Å². The number of para-hydroxylation sites is 1. The molecule has 6 nitrogen and oxygen atoms in total. The van der Waals surface area contributed by atoms with E-state index in [0.29, 0.717) is 12.1 Å². The topological polar surface area (TPSA) is 78.9 Å². The summed E-state index contributed by atoms with van der Waals surface area (Å²) in [4.78, 5) is 24.8. The molecule has 0 saturated carbocycles. The number of carbonyl (C=O) groups is 2. The van der Waals surface area contributed by atoms with Crippen molar-refractivity contribution in [2.75, 3.05) is 19.0 Å². The molecule has 2 atom stereocenters. The fourth-order valence-electron chi connectivity index (χ4n) is 2.33. The minimum atomic E-state index is -1.01. The molecule has 6 heteroatoms. The molecule has 2 rings (SSSR count). The van der Waals surface area contributed by atoms with Crippen LogP contribution >= 0.6 is 0 Å². The first-order valence-electron chi connectivity index (χ1n) is 6.41. The number of rotatable bonds is 3. The normalized spacial score (nSPS) is 21.8. The van der Waals surface area contributed by atoms with Crippen molar-refractivity contribution in [1.82, 2.24) is 4.90 Å². The van der Waals surface area contributed by atoms with E-state index >= 15 is 0 Å². The number of hydrogen-bond donors (Lipinski definition) is 2. The van der Waals surface area contributed by atoms with Crippen LogP contribution in [-0.2, 0) is 9.53 Å². The molecule has 108 valence electrons. The van der Waals surface area contributed by atoms with Crippen molar-refractivity contribution in [2.45, 2.75) is 25.5 Å². The Labute approximate surface area is 117 Å². The summed E-state index contributed by atoms with van der Waals surface area (Å²) >= 11 is 0. The highest BCUT2D eigenvalue weighted by molar-refractivity contribution is 5.93. The second kappa shape index (κ2) is 5.92. The summed E-state index contributed by atoms with van der Waals surface area (Å²) in [5, 5.41) is 11.9. The summed E-state index contributed by atoms with van der Waals surface area (Å²) in [7, 11) is 1.52. The number of nitrogens with one attached hydrogen (secondary N) is 1. The zero-order valence-electron chi connectivity index (χ0n) is 11.5. The van der Waals surface area contributed by atoms with Crippen LogP contribution in [0.15, 0.2) is 24.3 Å². The maximum atomic E-state index is 12.2. The first kappa shape index (κ1) is 14.3. The van der Waals surface area contributed by atoms with Gasteiger partial charge in [-0.05, 0) is 18.6 Å². The third kappa shape index (κ3) is 2.91. The van der Waals surface area contributed by atoms with E-state index in [4.69, 9.17) is 4.74 Å². The number of carbonyl (C=O) groups excluding carboxylic acids is 1. The second-order valence-electron chi connectivity index (χ2n) is 4.84. The zero-order valence-corrected chi connectivity index (χ0v) is 11.5. The Hall–Kier alpha value is -2.08. The van der Waals surface area contributed by atoms with Crippen molar-refractivity contribution >= 4 is 17.7 Å². The molecule has 0 spiro atoms. The number of aliphatic carboxylic acids is 1. The molecule has 0 bridgehead atoms. The molecule has 2 amide bonds. The predicted molar refractivity (Wildman–Crippen MR) is 73.7 cm³/mol. The molecule has 0 radical (unpaired) electrons. The maximum absolute atomic E-state index is 12.2. The van der Waals surface area contributed by atoms with Crippen molar-refractivity contribution < 1.29 is 19.4 Å². The number of benzene rings is 1. The van der Waals surface area contributed by atoms with Gasteiger partial charge in [0.05, 0.1) is 6.10 Å². The third-order valence-electron chi connectivity index (χ3n) is 3.53. The van der Waals surface area contributed by atoms with E-state index in [2.05, 4.69) is 5.32 Å². The van der Waals surface area contributed by atoms with E-state index in [0.717, 1.165) is 5.56 Å². The number of aryl methyl sites for hydroxylation is 1. The van der Waals surface area contributed by atoms with E-state index in [9.17, 15) is 14.7 Å². The minimum absolute atomic E-state index is 0.237. The lowest BCUT2D eigenvalue weighted by atomic mass is 10.2.